The summed E-state index contributed by atoms with van der Waals surface area (Å²) in [5.74, 6) is 0.970. The van der Waals surface area contributed by atoms with Crippen LogP contribution < -0.4 is 0 Å². The second-order valence-corrected chi connectivity index (χ2v) is 6.49. The Morgan fingerprint density at radius 1 is 1.24 bits per heavy atom. The fraction of sp³-hybridized carbons (Fsp3) is 0.714. The summed E-state index contributed by atoms with van der Waals surface area (Å²) in [6.07, 6.45) is 8.06. The van der Waals surface area contributed by atoms with Crippen molar-refractivity contribution in [3.8, 4) is 0 Å². The molecule has 0 amide bonds. The largest absolute Gasteiger partial charge is 0.375 e. The SMILES string of the molecule is SCC1(COCc2cccs2)CCCCCC1. The van der Waals surface area contributed by atoms with E-state index in [9.17, 15) is 0 Å². The van der Waals surface area contributed by atoms with E-state index in [1.165, 1.54) is 43.4 Å². The molecule has 0 bridgehead atoms. The first-order chi connectivity index (χ1) is 8.35. The molecular formula is C14H22OS2. The number of hydrogen-bond donors (Lipinski definition) is 1. The van der Waals surface area contributed by atoms with Crippen LogP contribution in [0, 0.1) is 5.41 Å². The Balaban J connectivity index is 1.81. The van der Waals surface area contributed by atoms with Gasteiger partial charge in [0.1, 0.15) is 0 Å². The second kappa shape index (κ2) is 6.81. The summed E-state index contributed by atoms with van der Waals surface area (Å²) < 4.78 is 5.93. The minimum Gasteiger partial charge on any atom is -0.375 e. The van der Waals surface area contributed by atoms with Crippen LogP contribution in [-0.4, -0.2) is 12.4 Å². The third-order valence-corrected chi connectivity index (χ3v) is 5.25. The molecule has 2 rings (SSSR count). The fourth-order valence-electron chi connectivity index (χ4n) is 2.59. The van der Waals surface area contributed by atoms with Gasteiger partial charge in [0.25, 0.3) is 0 Å². The Labute approximate surface area is 114 Å². The molecule has 0 spiro atoms. The van der Waals surface area contributed by atoms with Crippen LogP contribution in [0.2, 0.25) is 0 Å². The summed E-state index contributed by atoms with van der Waals surface area (Å²) in [4.78, 5) is 1.33. The number of ether oxygens (including phenoxy) is 1. The maximum absolute atomic E-state index is 5.93. The lowest BCUT2D eigenvalue weighted by atomic mass is 9.83. The summed E-state index contributed by atoms with van der Waals surface area (Å²) in [6.45, 7) is 1.65. The molecule has 1 aliphatic rings. The van der Waals surface area contributed by atoms with Gasteiger partial charge in [-0.05, 0) is 30.0 Å². The van der Waals surface area contributed by atoms with Crippen molar-refractivity contribution in [3.63, 3.8) is 0 Å². The predicted octanol–water partition coefficient (Wildman–Crippen LogP) is 4.54. The summed E-state index contributed by atoms with van der Waals surface area (Å²) in [7, 11) is 0. The van der Waals surface area contributed by atoms with E-state index >= 15 is 0 Å². The van der Waals surface area contributed by atoms with Crippen LogP contribution in [-0.2, 0) is 11.3 Å². The maximum atomic E-state index is 5.93. The van der Waals surface area contributed by atoms with Crippen LogP contribution in [0.25, 0.3) is 0 Å². The van der Waals surface area contributed by atoms with E-state index in [2.05, 4.69) is 30.1 Å². The van der Waals surface area contributed by atoms with Crippen LogP contribution in [0.15, 0.2) is 17.5 Å². The summed E-state index contributed by atoms with van der Waals surface area (Å²) in [5.41, 5.74) is 0.344. The first-order valence-electron chi connectivity index (χ1n) is 6.56. The van der Waals surface area contributed by atoms with Crippen molar-refractivity contribution in [3.05, 3.63) is 22.4 Å². The predicted molar refractivity (Wildman–Crippen MR) is 78.0 cm³/mol. The van der Waals surface area contributed by atoms with Crippen LogP contribution >= 0.6 is 24.0 Å². The normalized spacial score (nSPS) is 20.1. The number of hydrogen-bond acceptors (Lipinski definition) is 3. The van der Waals surface area contributed by atoms with Crippen molar-refractivity contribution in [2.75, 3.05) is 12.4 Å². The molecule has 1 aromatic heterocycles. The summed E-state index contributed by atoms with van der Waals surface area (Å²) in [5, 5.41) is 2.11. The van der Waals surface area contributed by atoms with Gasteiger partial charge in [0.05, 0.1) is 13.2 Å². The molecule has 1 aliphatic carbocycles. The Morgan fingerprint density at radius 2 is 2.00 bits per heavy atom. The molecule has 0 aromatic carbocycles. The molecule has 1 aromatic rings. The van der Waals surface area contributed by atoms with E-state index in [4.69, 9.17) is 4.74 Å². The molecule has 96 valence electrons. The van der Waals surface area contributed by atoms with E-state index in [-0.39, 0.29) is 0 Å². The lowest BCUT2D eigenvalue weighted by Crippen LogP contribution is -2.28. The Bertz CT molecular complexity index is 300. The average Bonchev–Trinajstić information content (AvgIpc) is 2.75. The average molecular weight is 270 g/mol. The van der Waals surface area contributed by atoms with Crippen molar-refractivity contribution in [1.29, 1.82) is 0 Å². The lowest BCUT2D eigenvalue weighted by molar-refractivity contribution is 0.0382. The molecule has 0 aliphatic heterocycles. The molecule has 1 saturated carbocycles. The zero-order valence-electron chi connectivity index (χ0n) is 10.4. The number of thiol groups is 1. The van der Waals surface area contributed by atoms with Crippen molar-refractivity contribution in [1.82, 2.24) is 0 Å². The molecule has 0 unspecified atom stereocenters. The van der Waals surface area contributed by atoms with Crippen LogP contribution in [0.1, 0.15) is 43.4 Å². The Kier molecular flexibility index (Phi) is 5.39. The van der Waals surface area contributed by atoms with Crippen molar-refractivity contribution >= 4 is 24.0 Å². The third kappa shape index (κ3) is 4.01. The van der Waals surface area contributed by atoms with Crippen LogP contribution in [0.3, 0.4) is 0 Å². The molecule has 17 heavy (non-hydrogen) atoms. The van der Waals surface area contributed by atoms with Gasteiger partial charge in [0, 0.05) is 10.3 Å². The highest BCUT2D eigenvalue weighted by Crippen LogP contribution is 2.36. The molecule has 1 heterocycles. The number of thiophene rings is 1. The summed E-state index contributed by atoms with van der Waals surface area (Å²) in [6, 6.07) is 4.23. The lowest BCUT2D eigenvalue weighted by Gasteiger charge is -2.30. The van der Waals surface area contributed by atoms with E-state index in [0.29, 0.717) is 5.41 Å². The fourth-order valence-corrected chi connectivity index (χ4v) is 3.64. The smallest absolute Gasteiger partial charge is 0.0809 e. The zero-order chi connectivity index (χ0) is 12.0. The maximum Gasteiger partial charge on any atom is 0.0809 e. The topological polar surface area (TPSA) is 9.23 Å². The van der Waals surface area contributed by atoms with Crippen LogP contribution in [0.4, 0.5) is 0 Å². The van der Waals surface area contributed by atoms with Gasteiger partial charge >= 0.3 is 0 Å². The molecule has 3 heteroatoms. The molecular weight excluding hydrogens is 248 g/mol. The standard InChI is InChI=1S/C14H22OS2/c16-12-14(7-3-1-2-4-8-14)11-15-10-13-6-5-9-17-13/h5-6,9,16H,1-4,7-8,10-12H2. The highest BCUT2D eigenvalue weighted by molar-refractivity contribution is 7.80. The van der Waals surface area contributed by atoms with E-state index < -0.39 is 0 Å². The third-order valence-electron chi connectivity index (χ3n) is 3.73. The van der Waals surface area contributed by atoms with Crippen molar-refractivity contribution < 1.29 is 4.74 Å². The molecule has 1 fully saturated rings. The number of rotatable bonds is 5. The van der Waals surface area contributed by atoms with E-state index in [1.807, 2.05) is 0 Å². The van der Waals surface area contributed by atoms with E-state index in [0.717, 1.165) is 19.0 Å². The van der Waals surface area contributed by atoms with Gasteiger partial charge in [0.2, 0.25) is 0 Å². The van der Waals surface area contributed by atoms with Gasteiger partial charge in [-0.3, -0.25) is 0 Å². The van der Waals surface area contributed by atoms with Crippen LogP contribution in [0.5, 0.6) is 0 Å². The van der Waals surface area contributed by atoms with Crippen molar-refractivity contribution in [2.24, 2.45) is 5.41 Å². The van der Waals surface area contributed by atoms with Gasteiger partial charge < -0.3 is 4.74 Å². The first-order valence-corrected chi connectivity index (χ1v) is 8.07. The highest BCUT2D eigenvalue weighted by atomic mass is 32.1. The van der Waals surface area contributed by atoms with Gasteiger partial charge in [-0.1, -0.05) is 31.7 Å². The van der Waals surface area contributed by atoms with Gasteiger partial charge in [-0.25, -0.2) is 0 Å². The molecule has 0 radical (unpaired) electrons. The van der Waals surface area contributed by atoms with Crippen molar-refractivity contribution in [2.45, 2.75) is 45.1 Å². The minimum atomic E-state index is 0.344. The molecule has 1 nitrogen and oxygen atoms in total. The quantitative estimate of drug-likeness (QED) is 0.610. The zero-order valence-corrected chi connectivity index (χ0v) is 12.1. The van der Waals surface area contributed by atoms with Gasteiger partial charge in [0.15, 0.2) is 0 Å². The molecule has 0 saturated heterocycles. The monoisotopic (exact) mass is 270 g/mol. The van der Waals surface area contributed by atoms with E-state index in [1.54, 1.807) is 11.3 Å². The summed E-state index contributed by atoms with van der Waals surface area (Å²) >= 11 is 6.34. The molecule has 0 atom stereocenters. The van der Waals surface area contributed by atoms with Gasteiger partial charge in [-0.2, -0.15) is 12.6 Å². The molecule has 0 N–H and O–H groups in total. The Hall–Kier alpha value is 0.01000. The van der Waals surface area contributed by atoms with Gasteiger partial charge in [-0.15, -0.1) is 11.3 Å². The first kappa shape index (κ1) is 13.4. The second-order valence-electron chi connectivity index (χ2n) is 5.14. The Morgan fingerprint density at radius 3 is 2.59 bits per heavy atom. The highest BCUT2D eigenvalue weighted by Gasteiger charge is 2.29. The minimum absolute atomic E-state index is 0.344.